The van der Waals surface area contributed by atoms with Crippen LogP contribution in [0.25, 0.3) is 0 Å². The molecule has 0 unspecified atom stereocenters. The molecule has 0 bridgehead atoms. The molecule has 0 saturated heterocycles. The molecule has 1 amide bonds. The lowest BCUT2D eigenvalue weighted by Gasteiger charge is -2.13. The Balaban J connectivity index is 2.39. The molecule has 18 heavy (non-hydrogen) atoms. The summed E-state index contributed by atoms with van der Waals surface area (Å²) in [6.45, 7) is 2.70. The highest BCUT2D eigenvalue weighted by Crippen LogP contribution is 2.24. The summed E-state index contributed by atoms with van der Waals surface area (Å²) in [5.74, 6) is -0.983. The van der Waals surface area contributed by atoms with Crippen molar-refractivity contribution < 1.29 is 14.7 Å². The van der Waals surface area contributed by atoms with Crippen molar-refractivity contribution in [3.63, 3.8) is 0 Å². The first-order valence-corrected chi connectivity index (χ1v) is 6.99. The Hall–Kier alpha value is -1.35. The first-order chi connectivity index (χ1) is 8.52. The Labute approximate surface area is 113 Å². The van der Waals surface area contributed by atoms with Crippen molar-refractivity contribution in [3.05, 3.63) is 0 Å². The Kier molecular flexibility index (Phi) is 5.86. The number of carbonyl (C=O) groups is 2. The van der Waals surface area contributed by atoms with E-state index in [9.17, 15) is 9.59 Å². The van der Waals surface area contributed by atoms with Crippen LogP contribution < -0.4 is 5.32 Å². The van der Waals surface area contributed by atoms with Crippen LogP contribution in [0.3, 0.4) is 0 Å². The molecule has 0 aromatic carbocycles. The van der Waals surface area contributed by atoms with E-state index in [1.165, 1.54) is 11.3 Å². The summed E-state index contributed by atoms with van der Waals surface area (Å²) >= 11 is 2.34. The number of hydrogen-bond acceptors (Lipinski definition) is 7. The van der Waals surface area contributed by atoms with Crippen molar-refractivity contribution in [1.82, 2.24) is 15.1 Å². The van der Waals surface area contributed by atoms with E-state index in [1.54, 1.807) is 11.9 Å². The molecule has 0 aliphatic heterocycles. The SMILES string of the molecule is CCN(C)C(=O)CNc1nnc(SCC(=O)O)s1. The number of aliphatic carboxylic acids is 1. The minimum atomic E-state index is -0.899. The number of anilines is 1. The topological polar surface area (TPSA) is 95.4 Å². The molecule has 7 nitrogen and oxygen atoms in total. The highest BCUT2D eigenvalue weighted by molar-refractivity contribution is 8.01. The number of hydrogen-bond donors (Lipinski definition) is 2. The van der Waals surface area contributed by atoms with Gasteiger partial charge in [-0.25, -0.2) is 0 Å². The van der Waals surface area contributed by atoms with Crippen molar-refractivity contribution in [2.24, 2.45) is 0 Å². The van der Waals surface area contributed by atoms with Gasteiger partial charge in [0.25, 0.3) is 0 Å². The third-order valence-corrected chi connectivity index (χ3v) is 4.02. The predicted molar refractivity (Wildman–Crippen MR) is 70.1 cm³/mol. The number of carboxylic acids is 1. The van der Waals surface area contributed by atoms with Gasteiger partial charge in [0.1, 0.15) is 0 Å². The minimum absolute atomic E-state index is 0.0348. The summed E-state index contributed by atoms with van der Waals surface area (Å²) in [6.07, 6.45) is 0. The number of nitrogens with one attached hydrogen (secondary N) is 1. The molecule has 0 spiro atoms. The number of aromatic nitrogens is 2. The van der Waals surface area contributed by atoms with Gasteiger partial charge in [-0.05, 0) is 6.92 Å². The summed E-state index contributed by atoms with van der Waals surface area (Å²) < 4.78 is 0.566. The molecule has 100 valence electrons. The quantitative estimate of drug-likeness (QED) is 0.710. The molecule has 1 rings (SSSR count). The van der Waals surface area contributed by atoms with Crippen LogP contribution in [0.1, 0.15) is 6.92 Å². The number of amides is 1. The number of thioether (sulfide) groups is 1. The molecular weight excluding hydrogens is 276 g/mol. The number of carboxylic acid groups (broad SMARTS) is 1. The van der Waals surface area contributed by atoms with Crippen LogP contribution in [-0.4, -0.2) is 58.0 Å². The molecule has 0 radical (unpaired) electrons. The van der Waals surface area contributed by atoms with E-state index in [2.05, 4.69) is 15.5 Å². The second-order valence-electron chi connectivity index (χ2n) is 3.32. The Morgan fingerprint density at radius 2 is 2.22 bits per heavy atom. The molecule has 1 heterocycles. The number of rotatable bonds is 7. The fourth-order valence-electron chi connectivity index (χ4n) is 0.926. The monoisotopic (exact) mass is 290 g/mol. The molecule has 0 fully saturated rings. The Bertz CT molecular complexity index is 424. The third-order valence-electron chi connectivity index (χ3n) is 2.02. The molecular formula is C9H14N4O3S2. The van der Waals surface area contributed by atoms with E-state index in [1.807, 2.05) is 6.92 Å². The first-order valence-electron chi connectivity index (χ1n) is 5.18. The van der Waals surface area contributed by atoms with Crippen molar-refractivity contribution in [1.29, 1.82) is 0 Å². The van der Waals surface area contributed by atoms with Gasteiger partial charge < -0.3 is 15.3 Å². The van der Waals surface area contributed by atoms with E-state index in [-0.39, 0.29) is 18.2 Å². The molecule has 9 heteroatoms. The maximum Gasteiger partial charge on any atom is 0.313 e. The van der Waals surface area contributed by atoms with Gasteiger partial charge >= 0.3 is 5.97 Å². The largest absolute Gasteiger partial charge is 0.481 e. The molecule has 1 aromatic heterocycles. The van der Waals surface area contributed by atoms with Gasteiger partial charge in [-0.1, -0.05) is 23.1 Å². The maximum absolute atomic E-state index is 11.5. The van der Waals surface area contributed by atoms with Crippen LogP contribution in [0.2, 0.25) is 0 Å². The average molecular weight is 290 g/mol. The van der Waals surface area contributed by atoms with Crippen LogP contribution in [0, 0.1) is 0 Å². The normalized spacial score (nSPS) is 10.1. The van der Waals surface area contributed by atoms with Gasteiger partial charge in [0.2, 0.25) is 11.0 Å². The number of nitrogens with zero attached hydrogens (tertiary/aromatic N) is 3. The van der Waals surface area contributed by atoms with Crippen molar-refractivity contribution in [3.8, 4) is 0 Å². The summed E-state index contributed by atoms with van der Waals surface area (Å²) in [6, 6.07) is 0. The lowest BCUT2D eigenvalue weighted by molar-refractivity contribution is -0.134. The van der Waals surface area contributed by atoms with Crippen LogP contribution in [0.4, 0.5) is 5.13 Å². The van der Waals surface area contributed by atoms with E-state index < -0.39 is 5.97 Å². The maximum atomic E-state index is 11.5. The smallest absolute Gasteiger partial charge is 0.313 e. The lowest BCUT2D eigenvalue weighted by atomic mass is 10.5. The standard InChI is InChI=1S/C9H14N4O3S2/c1-3-13(2)6(14)4-10-8-11-12-9(18-8)17-5-7(15)16/h3-5H2,1-2H3,(H,10,11)(H,15,16). The van der Waals surface area contributed by atoms with Gasteiger partial charge in [0, 0.05) is 13.6 Å². The molecule has 2 N–H and O–H groups in total. The zero-order valence-corrected chi connectivity index (χ0v) is 11.7. The van der Waals surface area contributed by atoms with Gasteiger partial charge in [0.15, 0.2) is 4.34 Å². The van der Waals surface area contributed by atoms with Crippen molar-refractivity contribution >= 4 is 40.1 Å². The van der Waals surface area contributed by atoms with Crippen LogP contribution in [0.15, 0.2) is 4.34 Å². The minimum Gasteiger partial charge on any atom is -0.481 e. The highest BCUT2D eigenvalue weighted by Gasteiger charge is 2.10. The molecule has 0 saturated carbocycles. The zero-order chi connectivity index (χ0) is 13.5. The predicted octanol–water partition coefficient (Wildman–Crippen LogP) is 0.605. The van der Waals surface area contributed by atoms with Crippen LogP contribution >= 0.6 is 23.1 Å². The molecule has 1 aromatic rings. The number of likely N-dealkylation sites (N-methyl/N-ethyl adjacent to an activating group) is 1. The first kappa shape index (κ1) is 14.7. The highest BCUT2D eigenvalue weighted by atomic mass is 32.2. The van der Waals surface area contributed by atoms with E-state index in [0.29, 0.717) is 16.0 Å². The van der Waals surface area contributed by atoms with Crippen molar-refractivity contribution in [2.45, 2.75) is 11.3 Å². The third kappa shape index (κ3) is 4.88. The van der Waals surface area contributed by atoms with Gasteiger partial charge in [0.05, 0.1) is 12.3 Å². The summed E-state index contributed by atoms with van der Waals surface area (Å²) in [5.41, 5.74) is 0. The Morgan fingerprint density at radius 1 is 1.50 bits per heavy atom. The fraction of sp³-hybridized carbons (Fsp3) is 0.556. The van der Waals surface area contributed by atoms with Crippen molar-refractivity contribution in [2.75, 3.05) is 31.2 Å². The number of carbonyl (C=O) groups excluding carboxylic acids is 1. The Morgan fingerprint density at radius 3 is 2.83 bits per heavy atom. The van der Waals surface area contributed by atoms with Gasteiger partial charge in [-0.15, -0.1) is 10.2 Å². The van der Waals surface area contributed by atoms with Crippen LogP contribution in [-0.2, 0) is 9.59 Å². The van der Waals surface area contributed by atoms with E-state index in [4.69, 9.17) is 5.11 Å². The van der Waals surface area contributed by atoms with Crippen LogP contribution in [0.5, 0.6) is 0 Å². The van der Waals surface area contributed by atoms with E-state index in [0.717, 1.165) is 11.8 Å². The van der Waals surface area contributed by atoms with Gasteiger partial charge in [-0.2, -0.15) is 0 Å². The summed E-state index contributed by atoms with van der Waals surface area (Å²) in [7, 11) is 1.72. The molecule has 0 aliphatic carbocycles. The zero-order valence-electron chi connectivity index (χ0n) is 10.0. The average Bonchev–Trinajstić information content (AvgIpc) is 2.80. The second-order valence-corrected chi connectivity index (χ2v) is 5.52. The summed E-state index contributed by atoms with van der Waals surface area (Å²) in [5, 5.41) is 19.5. The second kappa shape index (κ2) is 7.17. The summed E-state index contributed by atoms with van der Waals surface area (Å²) in [4.78, 5) is 23.5. The van der Waals surface area contributed by atoms with E-state index >= 15 is 0 Å². The lowest BCUT2D eigenvalue weighted by Crippen LogP contribution is -2.31. The fourth-order valence-corrected chi connectivity index (χ4v) is 2.39. The molecule has 0 aliphatic rings. The molecule has 0 atom stereocenters. The van der Waals surface area contributed by atoms with Gasteiger partial charge in [-0.3, -0.25) is 9.59 Å².